The molecule has 0 saturated heterocycles. The number of rotatable bonds is 4. The van der Waals surface area contributed by atoms with Gasteiger partial charge in [0.1, 0.15) is 5.01 Å². The van der Waals surface area contributed by atoms with Crippen LogP contribution in [0.3, 0.4) is 0 Å². The lowest BCUT2D eigenvalue weighted by Crippen LogP contribution is -2.44. The van der Waals surface area contributed by atoms with E-state index in [0.717, 1.165) is 23.5 Å². The molecule has 0 aliphatic heterocycles. The zero-order valence-corrected chi connectivity index (χ0v) is 11.5. The van der Waals surface area contributed by atoms with E-state index in [1.807, 2.05) is 5.38 Å². The Morgan fingerprint density at radius 2 is 2.29 bits per heavy atom. The number of alkyl halides is 1. The summed E-state index contributed by atoms with van der Waals surface area (Å²) in [4.78, 5) is 16.2. The maximum Gasteiger partial charge on any atom is 0.227 e. The van der Waals surface area contributed by atoms with Crippen LogP contribution in [0.15, 0.2) is 5.38 Å². The van der Waals surface area contributed by atoms with Crippen molar-refractivity contribution in [3.05, 3.63) is 16.1 Å². The zero-order chi connectivity index (χ0) is 12.3. The molecule has 1 N–H and O–H groups in total. The van der Waals surface area contributed by atoms with Gasteiger partial charge in [-0.3, -0.25) is 4.79 Å². The maximum absolute atomic E-state index is 11.9. The lowest BCUT2D eigenvalue weighted by atomic mass is 10.0. The van der Waals surface area contributed by atoms with Crippen LogP contribution in [0, 0.1) is 0 Å². The summed E-state index contributed by atoms with van der Waals surface area (Å²) in [6.45, 7) is 2.13. The van der Waals surface area contributed by atoms with E-state index in [1.165, 1.54) is 24.2 Å². The fourth-order valence-corrected chi connectivity index (χ4v) is 3.31. The maximum atomic E-state index is 11.9. The summed E-state index contributed by atoms with van der Waals surface area (Å²) in [6, 6.07) is 0. The Hall–Kier alpha value is -0.610. The van der Waals surface area contributed by atoms with Gasteiger partial charge >= 0.3 is 0 Å². The van der Waals surface area contributed by atoms with Gasteiger partial charge < -0.3 is 5.32 Å². The number of nitrogens with zero attached hydrogens (tertiary/aromatic N) is 1. The smallest absolute Gasteiger partial charge is 0.227 e. The van der Waals surface area contributed by atoms with Crippen molar-refractivity contribution >= 4 is 28.8 Å². The minimum atomic E-state index is 0.00363. The van der Waals surface area contributed by atoms with E-state index < -0.39 is 0 Å². The Balaban J connectivity index is 1.88. The molecule has 1 aromatic heterocycles. The number of aromatic nitrogens is 1. The molecule has 0 radical (unpaired) electrons. The van der Waals surface area contributed by atoms with Crippen LogP contribution in [-0.2, 0) is 17.1 Å². The molecule has 1 aliphatic carbocycles. The van der Waals surface area contributed by atoms with Crippen LogP contribution >= 0.6 is 22.9 Å². The second-order valence-corrected chi connectivity index (χ2v) is 6.07. The number of thiazole rings is 1. The molecule has 0 atom stereocenters. The summed E-state index contributed by atoms with van der Waals surface area (Å²) in [5, 5.41) is 5.88. The van der Waals surface area contributed by atoms with E-state index in [-0.39, 0.29) is 11.4 Å². The van der Waals surface area contributed by atoms with E-state index in [0.29, 0.717) is 12.3 Å². The van der Waals surface area contributed by atoms with E-state index in [9.17, 15) is 4.79 Å². The summed E-state index contributed by atoms with van der Waals surface area (Å²) < 4.78 is 0. The van der Waals surface area contributed by atoms with Crippen LogP contribution in [0.2, 0.25) is 0 Å². The topological polar surface area (TPSA) is 42.0 Å². The van der Waals surface area contributed by atoms with Crippen molar-refractivity contribution in [3.63, 3.8) is 0 Å². The molecule has 1 saturated carbocycles. The van der Waals surface area contributed by atoms with Crippen molar-refractivity contribution in [2.45, 2.75) is 50.4 Å². The molecule has 1 fully saturated rings. The van der Waals surface area contributed by atoms with Gasteiger partial charge in [0.15, 0.2) is 0 Å². The van der Waals surface area contributed by atoms with Crippen LogP contribution < -0.4 is 5.32 Å². The van der Waals surface area contributed by atoms with E-state index >= 15 is 0 Å². The Morgan fingerprint density at radius 1 is 1.59 bits per heavy atom. The fraction of sp³-hybridized carbons (Fsp3) is 0.667. The molecule has 0 unspecified atom stereocenters. The lowest BCUT2D eigenvalue weighted by Gasteiger charge is -2.24. The van der Waals surface area contributed by atoms with Crippen LogP contribution in [0.1, 0.15) is 43.3 Å². The molecule has 0 aromatic carbocycles. The second-order valence-electron chi connectivity index (χ2n) is 4.86. The van der Waals surface area contributed by atoms with Gasteiger partial charge in [-0.25, -0.2) is 4.98 Å². The monoisotopic (exact) mass is 272 g/mol. The van der Waals surface area contributed by atoms with Gasteiger partial charge in [0.2, 0.25) is 5.91 Å². The molecule has 1 aromatic rings. The lowest BCUT2D eigenvalue weighted by molar-refractivity contribution is -0.122. The summed E-state index contributed by atoms with van der Waals surface area (Å²) in [7, 11) is 0. The summed E-state index contributed by atoms with van der Waals surface area (Å²) in [5.41, 5.74) is 0.857. The van der Waals surface area contributed by atoms with Gasteiger partial charge in [0.25, 0.3) is 0 Å². The third kappa shape index (κ3) is 3.42. The third-order valence-electron chi connectivity index (χ3n) is 3.20. The van der Waals surface area contributed by atoms with Crippen LogP contribution in [-0.4, -0.2) is 16.4 Å². The van der Waals surface area contributed by atoms with Gasteiger partial charge in [-0.15, -0.1) is 22.9 Å². The quantitative estimate of drug-likeness (QED) is 0.857. The second kappa shape index (κ2) is 5.36. The largest absolute Gasteiger partial charge is 0.351 e. The molecule has 5 heteroatoms. The molecule has 1 aliphatic rings. The molecule has 17 heavy (non-hydrogen) atoms. The average molecular weight is 273 g/mol. The third-order valence-corrected chi connectivity index (χ3v) is 4.37. The molecule has 2 rings (SSSR count). The molecule has 1 heterocycles. The number of halogens is 1. The Labute approximate surface area is 111 Å². The van der Waals surface area contributed by atoms with Gasteiger partial charge in [-0.1, -0.05) is 12.8 Å². The van der Waals surface area contributed by atoms with Crippen molar-refractivity contribution in [1.29, 1.82) is 0 Å². The summed E-state index contributed by atoms with van der Waals surface area (Å²) >= 11 is 7.18. The first-order valence-corrected chi connectivity index (χ1v) is 7.33. The number of hydrogen-bond donors (Lipinski definition) is 1. The Kier molecular flexibility index (Phi) is 4.05. The van der Waals surface area contributed by atoms with E-state index in [2.05, 4.69) is 17.2 Å². The molecule has 0 bridgehead atoms. The predicted molar refractivity (Wildman–Crippen MR) is 70.4 cm³/mol. The van der Waals surface area contributed by atoms with Crippen LogP contribution in [0.5, 0.6) is 0 Å². The first-order chi connectivity index (χ1) is 8.11. The van der Waals surface area contributed by atoms with Crippen molar-refractivity contribution in [2.24, 2.45) is 0 Å². The first kappa shape index (κ1) is 12.8. The van der Waals surface area contributed by atoms with Gasteiger partial charge in [0, 0.05) is 10.9 Å². The predicted octanol–water partition coefficient (Wildman–Crippen LogP) is 2.87. The highest BCUT2D eigenvalue weighted by Gasteiger charge is 2.30. The van der Waals surface area contributed by atoms with Gasteiger partial charge in [0.05, 0.1) is 18.0 Å². The standard InChI is InChI=1S/C12H17ClN2OS/c1-12(4-2-3-5-12)15-10(16)6-11-14-9(7-13)8-17-11/h8H,2-7H2,1H3,(H,15,16). The highest BCUT2D eigenvalue weighted by atomic mass is 35.5. The number of carbonyl (C=O) groups is 1. The minimum Gasteiger partial charge on any atom is -0.351 e. The number of carbonyl (C=O) groups excluding carboxylic acids is 1. The summed E-state index contributed by atoms with van der Waals surface area (Å²) in [6.07, 6.45) is 4.97. The van der Waals surface area contributed by atoms with E-state index in [1.54, 1.807) is 0 Å². The number of amides is 1. The van der Waals surface area contributed by atoms with Crippen molar-refractivity contribution < 1.29 is 4.79 Å². The summed E-state index contributed by atoms with van der Waals surface area (Å²) in [5.74, 6) is 0.486. The molecule has 0 spiro atoms. The molecular weight excluding hydrogens is 256 g/mol. The number of nitrogens with one attached hydrogen (secondary N) is 1. The van der Waals surface area contributed by atoms with E-state index in [4.69, 9.17) is 11.6 Å². The van der Waals surface area contributed by atoms with Crippen LogP contribution in [0.4, 0.5) is 0 Å². The zero-order valence-electron chi connectivity index (χ0n) is 9.96. The molecule has 94 valence electrons. The first-order valence-electron chi connectivity index (χ1n) is 5.91. The highest BCUT2D eigenvalue weighted by molar-refractivity contribution is 7.09. The highest BCUT2D eigenvalue weighted by Crippen LogP contribution is 2.28. The fourth-order valence-electron chi connectivity index (χ4n) is 2.29. The average Bonchev–Trinajstić information content (AvgIpc) is 2.87. The molecular formula is C12H17ClN2OS. The van der Waals surface area contributed by atoms with Crippen molar-refractivity contribution in [2.75, 3.05) is 0 Å². The van der Waals surface area contributed by atoms with Crippen molar-refractivity contribution in [3.8, 4) is 0 Å². The Morgan fingerprint density at radius 3 is 2.88 bits per heavy atom. The number of hydrogen-bond acceptors (Lipinski definition) is 3. The van der Waals surface area contributed by atoms with Crippen molar-refractivity contribution in [1.82, 2.24) is 10.3 Å². The normalized spacial score (nSPS) is 18.2. The Bertz CT molecular complexity index is 399. The van der Waals surface area contributed by atoms with Gasteiger partial charge in [-0.05, 0) is 19.8 Å². The van der Waals surface area contributed by atoms with Gasteiger partial charge in [-0.2, -0.15) is 0 Å². The van der Waals surface area contributed by atoms with Crippen LogP contribution in [0.25, 0.3) is 0 Å². The SMILES string of the molecule is CC1(NC(=O)Cc2nc(CCl)cs2)CCCC1. The molecule has 1 amide bonds. The minimum absolute atomic E-state index is 0.00363. The molecule has 3 nitrogen and oxygen atoms in total.